The first-order valence-electron chi connectivity index (χ1n) is 4.57. The number of hydrogen-bond donors (Lipinski definition) is 1. The number of hydrogen-bond acceptors (Lipinski definition) is 3. The van der Waals surface area contributed by atoms with Gasteiger partial charge in [-0.1, -0.05) is 0 Å². The number of rotatable bonds is 5. The predicted octanol–water partition coefficient (Wildman–Crippen LogP) is 1.89. The van der Waals surface area contributed by atoms with Gasteiger partial charge in [0.05, 0.1) is 7.11 Å². The summed E-state index contributed by atoms with van der Waals surface area (Å²) in [5.41, 5.74) is 5.15. The number of halogens is 1. The molecule has 0 aliphatic carbocycles. The molecule has 1 rings (SSSR count). The Morgan fingerprint density at radius 3 is 2.47 bits per heavy atom. The van der Waals surface area contributed by atoms with Gasteiger partial charge in [0.15, 0.2) is 0 Å². The van der Waals surface area contributed by atoms with Crippen LogP contribution >= 0.6 is 0 Å². The van der Waals surface area contributed by atoms with Crippen LogP contribution in [0.1, 0.15) is 0 Å². The third-order valence-electron chi connectivity index (χ3n) is 1.78. The first kappa shape index (κ1) is 11.5. The maximum atomic E-state index is 12.9. The first-order chi connectivity index (χ1) is 7.26. The summed E-state index contributed by atoms with van der Waals surface area (Å²) in [4.78, 5) is 0. The molecule has 0 atom stereocenters. The van der Waals surface area contributed by atoms with Crippen LogP contribution in [0.3, 0.4) is 0 Å². The molecule has 3 nitrogen and oxygen atoms in total. The molecule has 0 bridgehead atoms. The van der Waals surface area contributed by atoms with Crippen molar-refractivity contribution in [3.05, 3.63) is 36.2 Å². The maximum Gasteiger partial charge on any atom is 0.139 e. The van der Waals surface area contributed by atoms with Gasteiger partial charge in [0.1, 0.15) is 23.9 Å². The molecular formula is C11H14FNO2. The van der Waals surface area contributed by atoms with Crippen LogP contribution in [0.4, 0.5) is 4.39 Å². The normalized spacial score (nSPS) is 11.3. The highest BCUT2D eigenvalue weighted by Crippen LogP contribution is 2.17. The average Bonchev–Trinajstić information content (AvgIpc) is 2.27. The average molecular weight is 211 g/mol. The minimum absolute atomic E-state index is 0.0937. The zero-order chi connectivity index (χ0) is 11.1. The second-order valence-electron chi connectivity index (χ2n) is 2.85. The Labute approximate surface area is 88.3 Å². The van der Waals surface area contributed by atoms with Crippen LogP contribution in [0.2, 0.25) is 0 Å². The van der Waals surface area contributed by atoms with Crippen molar-refractivity contribution in [3.63, 3.8) is 0 Å². The van der Waals surface area contributed by atoms with Gasteiger partial charge in [0.2, 0.25) is 0 Å². The van der Waals surface area contributed by atoms with Gasteiger partial charge in [-0.25, -0.2) is 4.39 Å². The summed E-state index contributed by atoms with van der Waals surface area (Å²) in [6.07, 6.45) is 1.28. The number of benzene rings is 1. The van der Waals surface area contributed by atoms with E-state index in [4.69, 9.17) is 15.2 Å². The molecule has 82 valence electrons. The van der Waals surface area contributed by atoms with Crippen molar-refractivity contribution in [1.82, 2.24) is 0 Å². The fraction of sp³-hybridized carbons (Fsp3) is 0.273. The molecule has 0 radical (unpaired) electrons. The van der Waals surface area contributed by atoms with Gasteiger partial charge in [-0.05, 0) is 30.3 Å². The lowest BCUT2D eigenvalue weighted by molar-refractivity contribution is 0.317. The van der Waals surface area contributed by atoms with Crippen LogP contribution in [0.25, 0.3) is 0 Å². The van der Waals surface area contributed by atoms with E-state index in [1.165, 1.54) is 6.08 Å². The quantitative estimate of drug-likeness (QED) is 0.808. The van der Waals surface area contributed by atoms with E-state index < -0.39 is 0 Å². The van der Waals surface area contributed by atoms with Crippen LogP contribution in [0, 0.1) is 0 Å². The lowest BCUT2D eigenvalue weighted by Crippen LogP contribution is -2.01. The monoisotopic (exact) mass is 211 g/mol. The Morgan fingerprint density at radius 2 is 1.93 bits per heavy atom. The van der Waals surface area contributed by atoms with Crippen LogP contribution in [-0.2, 0) is 0 Å². The molecule has 0 saturated heterocycles. The molecule has 0 amide bonds. The fourth-order valence-corrected chi connectivity index (χ4v) is 1.01. The van der Waals surface area contributed by atoms with Crippen LogP contribution in [-0.4, -0.2) is 20.3 Å². The third-order valence-corrected chi connectivity index (χ3v) is 1.78. The summed E-state index contributed by atoms with van der Waals surface area (Å²) in [5, 5.41) is 0. The Balaban J connectivity index is 2.47. The largest absolute Gasteiger partial charge is 0.497 e. The molecule has 4 heteroatoms. The topological polar surface area (TPSA) is 44.5 Å². The molecular weight excluding hydrogens is 197 g/mol. The molecule has 1 aromatic carbocycles. The molecule has 0 aliphatic rings. The molecule has 0 unspecified atom stereocenters. The van der Waals surface area contributed by atoms with Crippen molar-refractivity contribution in [2.75, 3.05) is 20.3 Å². The molecule has 1 aromatic rings. The van der Waals surface area contributed by atoms with Gasteiger partial charge in [-0.3, -0.25) is 0 Å². The lowest BCUT2D eigenvalue weighted by atomic mass is 10.3. The SMILES string of the molecule is COc1ccc(OC/C(F)=C\CN)cc1. The molecule has 2 N–H and O–H groups in total. The predicted molar refractivity (Wildman–Crippen MR) is 56.7 cm³/mol. The minimum atomic E-state index is -0.367. The Kier molecular flexibility index (Phi) is 4.63. The highest BCUT2D eigenvalue weighted by atomic mass is 19.1. The third kappa shape index (κ3) is 3.99. The van der Waals surface area contributed by atoms with Crippen LogP contribution in [0.15, 0.2) is 36.2 Å². The second-order valence-corrected chi connectivity index (χ2v) is 2.85. The Hall–Kier alpha value is -1.55. The maximum absolute atomic E-state index is 12.9. The van der Waals surface area contributed by atoms with Crippen LogP contribution in [0.5, 0.6) is 11.5 Å². The van der Waals surface area contributed by atoms with Crippen molar-refractivity contribution < 1.29 is 13.9 Å². The van der Waals surface area contributed by atoms with Crippen molar-refractivity contribution in [2.45, 2.75) is 0 Å². The van der Waals surface area contributed by atoms with Gasteiger partial charge >= 0.3 is 0 Å². The van der Waals surface area contributed by atoms with E-state index in [0.29, 0.717) is 5.75 Å². The van der Waals surface area contributed by atoms with E-state index in [-0.39, 0.29) is 19.0 Å². The molecule has 0 aromatic heterocycles. The fourth-order valence-electron chi connectivity index (χ4n) is 1.01. The smallest absolute Gasteiger partial charge is 0.139 e. The van der Waals surface area contributed by atoms with Crippen molar-refractivity contribution in [2.24, 2.45) is 5.73 Å². The van der Waals surface area contributed by atoms with Crippen molar-refractivity contribution >= 4 is 0 Å². The molecule has 0 aliphatic heterocycles. The van der Waals surface area contributed by atoms with Crippen molar-refractivity contribution in [1.29, 1.82) is 0 Å². The summed E-state index contributed by atoms with van der Waals surface area (Å²) < 4.78 is 23.0. The lowest BCUT2D eigenvalue weighted by Gasteiger charge is -2.05. The summed E-state index contributed by atoms with van der Waals surface area (Å²) in [6, 6.07) is 6.93. The highest BCUT2D eigenvalue weighted by molar-refractivity contribution is 5.31. The van der Waals surface area contributed by atoms with Gasteiger partial charge < -0.3 is 15.2 Å². The molecule has 0 heterocycles. The number of nitrogens with two attached hydrogens (primary N) is 1. The molecule has 15 heavy (non-hydrogen) atoms. The van der Waals surface area contributed by atoms with Gasteiger partial charge in [0, 0.05) is 6.54 Å². The van der Waals surface area contributed by atoms with E-state index in [9.17, 15) is 4.39 Å². The molecule has 0 fully saturated rings. The van der Waals surface area contributed by atoms with E-state index >= 15 is 0 Å². The van der Waals surface area contributed by atoms with E-state index in [2.05, 4.69) is 0 Å². The number of methoxy groups -OCH3 is 1. The van der Waals surface area contributed by atoms with E-state index in [1.54, 1.807) is 31.4 Å². The molecule has 0 saturated carbocycles. The Morgan fingerprint density at radius 1 is 1.33 bits per heavy atom. The molecule has 0 spiro atoms. The zero-order valence-electron chi connectivity index (χ0n) is 8.57. The second kappa shape index (κ2) is 6.03. The number of ether oxygens (including phenoxy) is 2. The first-order valence-corrected chi connectivity index (χ1v) is 4.57. The summed E-state index contributed by atoms with van der Waals surface area (Å²) in [5.74, 6) is 0.963. The van der Waals surface area contributed by atoms with Gasteiger partial charge in [0.25, 0.3) is 0 Å². The Bertz CT molecular complexity index is 322. The highest BCUT2D eigenvalue weighted by Gasteiger charge is 1.97. The zero-order valence-corrected chi connectivity index (χ0v) is 8.57. The minimum Gasteiger partial charge on any atom is -0.497 e. The van der Waals surface area contributed by atoms with Gasteiger partial charge in [-0.15, -0.1) is 0 Å². The standard InChI is InChI=1S/C11H14FNO2/c1-14-10-2-4-11(5-3-10)15-8-9(12)6-7-13/h2-6H,7-8,13H2,1H3/b9-6+. The van der Waals surface area contributed by atoms with E-state index in [0.717, 1.165) is 5.75 Å². The summed E-state index contributed by atoms with van der Waals surface area (Å²) in [7, 11) is 1.58. The summed E-state index contributed by atoms with van der Waals surface area (Å²) >= 11 is 0. The van der Waals surface area contributed by atoms with E-state index in [1.807, 2.05) is 0 Å². The summed E-state index contributed by atoms with van der Waals surface area (Å²) in [6.45, 7) is 0.0847. The van der Waals surface area contributed by atoms with Crippen molar-refractivity contribution in [3.8, 4) is 11.5 Å². The van der Waals surface area contributed by atoms with Crippen LogP contribution < -0.4 is 15.2 Å². The van der Waals surface area contributed by atoms with Gasteiger partial charge in [-0.2, -0.15) is 0 Å².